The van der Waals surface area contributed by atoms with Crippen molar-refractivity contribution < 1.29 is 21.8 Å². The van der Waals surface area contributed by atoms with Crippen LogP contribution in [-0.4, -0.2) is 7.27 Å². The average Bonchev–Trinajstić information content (AvgIpc) is 2.11. The van der Waals surface area contributed by atoms with Crippen molar-refractivity contribution in [3.05, 3.63) is 27.5 Å². The SMILES string of the molecule is FB(F)c1c(F)c(F)c(F)c(Cl)c1Cl. The van der Waals surface area contributed by atoms with E-state index in [4.69, 9.17) is 23.2 Å². The van der Waals surface area contributed by atoms with E-state index in [1.165, 1.54) is 0 Å². The number of benzene rings is 1. The lowest BCUT2D eigenvalue weighted by Crippen LogP contribution is -2.28. The van der Waals surface area contributed by atoms with E-state index >= 15 is 0 Å². The summed E-state index contributed by atoms with van der Waals surface area (Å²) in [6.07, 6.45) is 0. The van der Waals surface area contributed by atoms with E-state index in [1.54, 1.807) is 0 Å². The van der Waals surface area contributed by atoms with Crippen LogP contribution in [0.2, 0.25) is 10.0 Å². The molecule has 0 amide bonds. The zero-order valence-electron chi connectivity index (χ0n) is 6.22. The molecular formula is C6BCl2F5. The molecule has 14 heavy (non-hydrogen) atoms. The van der Waals surface area contributed by atoms with Crippen LogP contribution in [0.15, 0.2) is 0 Å². The maximum absolute atomic E-state index is 12.7. The quantitative estimate of drug-likeness (QED) is 0.310. The first-order valence-electron chi connectivity index (χ1n) is 3.17. The molecule has 0 aliphatic heterocycles. The third kappa shape index (κ3) is 1.68. The van der Waals surface area contributed by atoms with Gasteiger partial charge in [0.25, 0.3) is 0 Å². The van der Waals surface area contributed by atoms with Crippen LogP contribution in [0.4, 0.5) is 21.8 Å². The Morgan fingerprint density at radius 3 is 1.71 bits per heavy atom. The van der Waals surface area contributed by atoms with Crippen LogP contribution in [0.25, 0.3) is 0 Å². The summed E-state index contributed by atoms with van der Waals surface area (Å²) in [6.45, 7) is 0. The highest BCUT2D eigenvalue weighted by atomic mass is 35.5. The summed E-state index contributed by atoms with van der Waals surface area (Å²) >= 11 is 10.2. The number of rotatable bonds is 1. The molecule has 0 unspecified atom stereocenters. The van der Waals surface area contributed by atoms with Crippen molar-refractivity contribution in [2.75, 3.05) is 0 Å². The molecule has 8 heteroatoms. The molecule has 0 N–H and O–H groups in total. The maximum Gasteiger partial charge on any atom is 0.576 e. The highest BCUT2D eigenvalue weighted by Crippen LogP contribution is 2.27. The third-order valence-corrected chi connectivity index (χ3v) is 2.31. The topological polar surface area (TPSA) is 0 Å². The van der Waals surface area contributed by atoms with Crippen molar-refractivity contribution in [2.24, 2.45) is 0 Å². The van der Waals surface area contributed by atoms with E-state index < -0.39 is 40.2 Å². The molecular weight excluding hydrogens is 249 g/mol. The smallest absolute Gasteiger partial charge is 0.281 e. The number of halogens is 7. The summed E-state index contributed by atoms with van der Waals surface area (Å²) < 4.78 is 62.1. The van der Waals surface area contributed by atoms with Crippen LogP contribution in [0.5, 0.6) is 0 Å². The van der Waals surface area contributed by atoms with E-state index in [0.717, 1.165) is 0 Å². The first-order valence-corrected chi connectivity index (χ1v) is 3.93. The van der Waals surface area contributed by atoms with Crippen LogP contribution in [0.3, 0.4) is 0 Å². The molecule has 1 aromatic carbocycles. The fraction of sp³-hybridized carbons (Fsp3) is 0. The lowest BCUT2D eigenvalue weighted by molar-refractivity contribution is 0.449. The van der Waals surface area contributed by atoms with Crippen LogP contribution in [0.1, 0.15) is 0 Å². The maximum atomic E-state index is 12.7. The lowest BCUT2D eigenvalue weighted by atomic mass is 9.85. The van der Waals surface area contributed by atoms with Gasteiger partial charge >= 0.3 is 7.27 Å². The minimum absolute atomic E-state index is 1.02. The molecule has 1 rings (SSSR count). The van der Waals surface area contributed by atoms with Gasteiger partial charge in [0.15, 0.2) is 17.5 Å². The Hall–Kier alpha value is -0.485. The largest absolute Gasteiger partial charge is 0.576 e. The third-order valence-electron chi connectivity index (χ3n) is 1.46. The summed E-state index contributed by atoms with van der Waals surface area (Å²) in [5.74, 6) is -5.86. The van der Waals surface area contributed by atoms with Crippen molar-refractivity contribution in [1.82, 2.24) is 0 Å². The molecule has 0 aliphatic rings. The van der Waals surface area contributed by atoms with Gasteiger partial charge in [-0.25, -0.2) is 13.2 Å². The molecule has 76 valence electrons. The fourth-order valence-electron chi connectivity index (χ4n) is 0.813. The van der Waals surface area contributed by atoms with Gasteiger partial charge in [-0.2, -0.15) is 0 Å². The summed E-state index contributed by atoms with van der Waals surface area (Å²) in [5.41, 5.74) is -1.43. The Kier molecular flexibility index (Phi) is 3.26. The van der Waals surface area contributed by atoms with Gasteiger partial charge in [0.1, 0.15) is 0 Å². The Labute approximate surface area is 85.8 Å². The van der Waals surface area contributed by atoms with Gasteiger partial charge in [-0.15, -0.1) is 0 Å². The molecule has 0 spiro atoms. The second-order valence-electron chi connectivity index (χ2n) is 2.28. The van der Waals surface area contributed by atoms with Gasteiger partial charge in [0.2, 0.25) is 0 Å². The summed E-state index contributed by atoms with van der Waals surface area (Å²) in [4.78, 5) is 0. The van der Waals surface area contributed by atoms with Crippen LogP contribution in [0, 0.1) is 17.5 Å². The van der Waals surface area contributed by atoms with Crippen molar-refractivity contribution >= 4 is 35.9 Å². The van der Waals surface area contributed by atoms with E-state index in [2.05, 4.69) is 0 Å². The standard InChI is InChI=1S/C6BCl2F5/c8-2-1(7(13)14)4(10)6(12)5(11)3(2)9. The number of hydrogen-bond donors (Lipinski definition) is 0. The highest BCUT2D eigenvalue weighted by molar-refractivity contribution is 6.65. The Balaban J connectivity index is 3.60. The van der Waals surface area contributed by atoms with Gasteiger partial charge in [-0.3, -0.25) is 8.63 Å². The molecule has 0 aliphatic carbocycles. The van der Waals surface area contributed by atoms with Gasteiger partial charge in [-0.1, -0.05) is 23.2 Å². The van der Waals surface area contributed by atoms with Crippen LogP contribution < -0.4 is 5.46 Å². The molecule has 0 saturated heterocycles. The van der Waals surface area contributed by atoms with Crippen molar-refractivity contribution in [1.29, 1.82) is 0 Å². The highest BCUT2D eigenvalue weighted by Gasteiger charge is 2.31. The van der Waals surface area contributed by atoms with E-state index in [1.807, 2.05) is 0 Å². The summed E-state index contributed by atoms with van der Waals surface area (Å²) in [7, 11) is -3.37. The van der Waals surface area contributed by atoms with Gasteiger partial charge in [-0.05, 0) is 0 Å². The second kappa shape index (κ2) is 3.94. The molecule has 0 heterocycles. The van der Waals surface area contributed by atoms with E-state index in [-0.39, 0.29) is 0 Å². The molecule has 0 aromatic heterocycles. The monoisotopic (exact) mass is 248 g/mol. The van der Waals surface area contributed by atoms with Crippen LogP contribution >= 0.6 is 23.2 Å². The molecule has 0 atom stereocenters. The van der Waals surface area contributed by atoms with Gasteiger partial charge in [0.05, 0.1) is 15.5 Å². The van der Waals surface area contributed by atoms with Crippen molar-refractivity contribution in [3.8, 4) is 0 Å². The first-order chi connectivity index (χ1) is 6.37. The van der Waals surface area contributed by atoms with Crippen molar-refractivity contribution in [3.63, 3.8) is 0 Å². The average molecular weight is 249 g/mol. The molecule has 0 nitrogen and oxygen atoms in total. The molecule has 0 radical (unpaired) electrons. The first kappa shape index (κ1) is 11.6. The predicted octanol–water partition coefficient (Wildman–Crippen LogP) is 3.04. The summed E-state index contributed by atoms with van der Waals surface area (Å²) in [6, 6.07) is 0. The Morgan fingerprint density at radius 2 is 1.29 bits per heavy atom. The minimum Gasteiger partial charge on any atom is -0.281 e. The van der Waals surface area contributed by atoms with Gasteiger partial charge in [0, 0.05) is 0 Å². The van der Waals surface area contributed by atoms with E-state index in [0.29, 0.717) is 0 Å². The van der Waals surface area contributed by atoms with Crippen LogP contribution in [-0.2, 0) is 0 Å². The van der Waals surface area contributed by atoms with Crippen molar-refractivity contribution in [2.45, 2.75) is 0 Å². The molecule has 0 fully saturated rings. The normalized spacial score (nSPS) is 10.5. The second-order valence-corrected chi connectivity index (χ2v) is 3.04. The molecule has 0 saturated carbocycles. The summed E-state index contributed by atoms with van der Waals surface area (Å²) in [5, 5.41) is -2.07. The zero-order valence-corrected chi connectivity index (χ0v) is 7.73. The fourth-order valence-corrected chi connectivity index (χ4v) is 1.25. The minimum atomic E-state index is -3.37. The Bertz CT molecular complexity index is 352. The molecule has 1 aromatic rings. The lowest BCUT2D eigenvalue weighted by Gasteiger charge is -2.06. The Morgan fingerprint density at radius 1 is 0.786 bits per heavy atom. The zero-order chi connectivity index (χ0) is 11.0. The number of hydrogen-bond acceptors (Lipinski definition) is 0. The molecule has 0 bridgehead atoms. The predicted molar refractivity (Wildman–Crippen MR) is 43.9 cm³/mol. The van der Waals surface area contributed by atoms with E-state index in [9.17, 15) is 21.8 Å². The van der Waals surface area contributed by atoms with Gasteiger partial charge < -0.3 is 0 Å².